The molecule has 0 radical (unpaired) electrons. The van der Waals surface area contributed by atoms with E-state index in [0.29, 0.717) is 17.3 Å². The number of nitrogens with zero attached hydrogens (tertiary/aromatic N) is 1. The average molecular weight is 373 g/mol. The summed E-state index contributed by atoms with van der Waals surface area (Å²) < 4.78 is 4.70. The molecule has 1 aliphatic rings. The summed E-state index contributed by atoms with van der Waals surface area (Å²) in [6, 6.07) is 5.85. The molecule has 1 saturated heterocycles. The third-order valence-electron chi connectivity index (χ3n) is 3.57. The molecule has 0 bridgehead atoms. The first-order valence-corrected chi connectivity index (χ1v) is 6.51. The van der Waals surface area contributed by atoms with Gasteiger partial charge in [-0.3, -0.25) is 0 Å². The maximum absolute atomic E-state index is 11.5. The maximum Gasteiger partial charge on any atom is 0.339 e. The fourth-order valence-electron chi connectivity index (χ4n) is 2.37. The van der Waals surface area contributed by atoms with Crippen molar-refractivity contribution in [2.75, 3.05) is 39.5 Å². The standard InChI is InChI=1S/C14H21N3O2.3ClH/c1-17-7-5-13(16-6-8-17)10-3-4-11(12(15)9-10)14(18)19-2;;;/h3-4,9,13,16H,5-8,15H2,1-2H3;3*1H. The molecule has 5 nitrogen and oxygen atoms in total. The minimum atomic E-state index is -0.391. The minimum absolute atomic E-state index is 0. The number of esters is 1. The van der Waals surface area contributed by atoms with Crippen LogP contribution in [0.25, 0.3) is 0 Å². The van der Waals surface area contributed by atoms with Gasteiger partial charge in [-0.15, -0.1) is 37.2 Å². The van der Waals surface area contributed by atoms with Gasteiger partial charge < -0.3 is 20.7 Å². The molecule has 1 fully saturated rings. The summed E-state index contributed by atoms with van der Waals surface area (Å²) in [4.78, 5) is 13.8. The molecule has 3 N–H and O–H groups in total. The molecule has 0 saturated carbocycles. The highest BCUT2D eigenvalue weighted by Crippen LogP contribution is 2.23. The van der Waals surface area contributed by atoms with Crippen LogP contribution in [0.1, 0.15) is 28.4 Å². The van der Waals surface area contributed by atoms with E-state index in [1.54, 1.807) is 6.07 Å². The van der Waals surface area contributed by atoms with Crippen LogP contribution in [0.5, 0.6) is 0 Å². The Bertz CT molecular complexity index is 475. The van der Waals surface area contributed by atoms with E-state index in [1.807, 2.05) is 12.1 Å². The van der Waals surface area contributed by atoms with Crippen molar-refractivity contribution in [3.05, 3.63) is 29.3 Å². The summed E-state index contributed by atoms with van der Waals surface area (Å²) in [6.45, 7) is 3.06. The Morgan fingerprint density at radius 3 is 2.59 bits per heavy atom. The number of nitrogens with one attached hydrogen (secondary N) is 1. The van der Waals surface area contributed by atoms with Gasteiger partial charge in [-0.25, -0.2) is 4.79 Å². The van der Waals surface area contributed by atoms with Crippen LogP contribution in [0.15, 0.2) is 18.2 Å². The SMILES string of the molecule is COC(=O)c1ccc(C2CCN(C)CCN2)cc1N.Cl.Cl.Cl. The van der Waals surface area contributed by atoms with E-state index in [0.717, 1.165) is 31.6 Å². The summed E-state index contributed by atoms with van der Waals surface area (Å²) >= 11 is 0. The van der Waals surface area contributed by atoms with Crippen molar-refractivity contribution in [2.45, 2.75) is 12.5 Å². The lowest BCUT2D eigenvalue weighted by Gasteiger charge is -2.17. The summed E-state index contributed by atoms with van der Waals surface area (Å²) in [5.41, 5.74) is 7.96. The molecule has 1 unspecified atom stereocenters. The number of nitrogen functional groups attached to an aromatic ring is 1. The third-order valence-corrected chi connectivity index (χ3v) is 3.57. The van der Waals surface area contributed by atoms with Gasteiger partial charge in [0.05, 0.1) is 12.7 Å². The Kier molecular flexibility index (Phi) is 11.7. The van der Waals surface area contributed by atoms with Crippen LogP contribution in [0, 0.1) is 0 Å². The fraction of sp³-hybridized carbons (Fsp3) is 0.500. The predicted octanol–water partition coefficient (Wildman–Crippen LogP) is 2.29. The molecule has 1 aromatic carbocycles. The summed E-state index contributed by atoms with van der Waals surface area (Å²) in [5.74, 6) is -0.391. The van der Waals surface area contributed by atoms with E-state index < -0.39 is 5.97 Å². The largest absolute Gasteiger partial charge is 0.465 e. The Morgan fingerprint density at radius 2 is 2.00 bits per heavy atom. The second-order valence-electron chi connectivity index (χ2n) is 4.94. The maximum atomic E-state index is 11.5. The number of likely N-dealkylation sites (N-methyl/N-ethyl adjacent to an activating group) is 1. The molecule has 8 heteroatoms. The zero-order valence-corrected chi connectivity index (χ0v) is 15.2. The molecular formula is C14H24Cl3N3O2. The van der Waals surface area contributed by atoms with E-state index in [1.165, 1.54) is 7.11 Å². The summed E-state index contributed by atoms with van der Waals surface area (Å²) in [5, 5.41) is 3.50. The van der Waals surface area contributed by atoms with Crippen molar-refractivity contribution >= 4 is 48.9 Å². The van der Waals surface area contributed by atoms with Crippen LogP contribution < -0.4 is 11.1 Å². The number of ether oxygens (including phenoxy) is 1. The first-order chi connectivity index (χ1) is 9.11. The second-order valence-corrected chi connectivity index (χ2v) is 4.94. The fourth-order valence-corrected chi connectivity index (χ4v) is 2.37. The van der Waals surface area contributed by atoms with Gasteiger partial charge in [0.25, 0.3) is 0 Å². The lowest BCUT2D eigenvalue weighted by Crippen LogP contribution is -2.25. The smallest absolute Gasteiger partial charge is 0.339 e. The molecule has 1 heterocycles. The Morgan fingerprint density at radius 1 is 1.32 bits per heavy atom. The number of halogens is 3. The molecule has 0 aromatic heterocycles. The number of carbonyl (C=O) groups is 1. The van der Waals surface area contributed by atoms with E-state index in [2.05, 4.69) is 17.3 Å². The monoisotopic (exact) mass is 371 g/mol. The van der Waals surface area contributed by atoms with Gasteiger partial charge in [-0.1, -0.05) is 6.07 Å². The van der Waals surface area contributed by atoms with Crippen molar-refractivity contribution in [1.82, 2.24) is 10.2 Å². The van der Waals surface area contributed by atoms with Gasteiger partial charge in [0.2, 0.25) is 0 Å². The van der Waals surface area contributed by atoms with Crippen LogP contribution >= 0.6 is 37.2 Å². The van der Waals surface area contributed by atoms with Crippen molar-refractivity contribution in [2.24, 2.45) is 0 Å². The Hall–Kier alpha value is -0.720. The van der Waals surface area contributed by atoms with Gasteiger partial charge >= 0.3 is 5.97 Å². The molecule has 1 aromatic rings. The van der Waals surface area contributed by atoms with Gasteiger partial charge in [0, 0.05) is 24.8 Å². The van der Waals surface area contributed by atoms with Crippen LogP contribution in [0.3, 0.4) is 0 Å². The number of benzene rings is 1. The average Bonchev–Trinajstić information content (AvgIpc) is 2.62. The summed E-state index contributed by atoms with van der Waals surface area (Å²) in [6.07, 6.45) is 1.04. The van der Waals surface area contributed by atoms with Crippen LogP contribution in [0.4, 0.5) is 5.69 Å². The highest BCUT2D eigenvalue weighted by atomic mass is 35.5. The van der Waals surface area contributed by atoms with Crippen molar-refractivity contribution < 1.29 is 9.53 Å². The first-order valence-electron chi connectivity index (χ1n) is 6.51. The molecular weight excluding hydrogens is 349 g/mol. The van der Waals surface area contributed by atoms with E-state index >= 15 is 0 Å². The summed E-state index contributed by atoms with van der Waals surface area (Å²) in [7, 11) is 3.48. The number of hydrogen-bond acceptors (Lipinski definition) is 5. The number of rotatable bonds is 2. The van der Waals surface area contributed by atoms with Crippen LogP contribution in [-0.2, 0) is 4.74 Å². The molecule has 0 spiro atoms. The second kappa shape index (κ2) is 10.9. The Labute approximate surface area is 150 Å². The number of methoxy groups -OCH3 is 1. The lowest BCUT2D eigenvalue weighted by atomic mass is 10.0. The first kappa shape index (κ1) is 23.5. The van der Waals surface area contributed by atoms with Crippen molar-refractivity contribution in [3.8, 4) is 0 Å². The molecule has 2 rings (SSSR count). The van der Waals surface area contributed by atoms with Gasteiger partial charge in [0.1, 0.15) is 0 Å². The topological polar surface area (TPSA) is 67.6 Å². The molecule has 128 valence electrons. The van der Waals surface area contributed by atoms with Crippen LogP contribution in [0.2, 0.25) is 0 Å². The lowest BCUT2D eigenvalue weighted by molar-refractivity contribution is 0.0602. The number of nitrogens with two attached hydrogens (primary N) is 1. The predicted molar refractivity (Wildman–Crippen MR) is 96.8 cm³/mol. The minimum Gasteiger partial charge on any atom is -0.465 e. The zero-order valence-electron chi connectivity index (χ0n) is 12.7. The van der Waals surface area contributed by atoms with Gasteiger partial charge in [0.15, 0.2) is 0 Å². The quantitative estimate of drug-likeness (QED) is 0.616. The van der Waals surface area contributed by atoms with Gasteiger partial charge in [-0.2, -0.15) is 0 Å². The number of carbonyl (C=O) groups excluding carboxylic acids is 1. The molecule has 22 heavy (non-hydrogen) atoms. The molecule has 0 amide bonds. The van der Waals surface area contributed by atoms with E-state index in [4.69, 9.17) is 10.5 Å². The molecule has 0 aliphatic carbocycles. The zero-order chi connectivity index (χ0) is 13.8. The number of hydrogen-bond donors (Lipinski definition) is 2. The van der Waals surface area contributed by atoms with Crippen molar-refractivity contribution in [3.63, 3.8) is 0 Å². The molecule has 1 aliphatic heterocycles. The third kappa shape index (κ3) is 5.82. The number of anilines is 1. The van der Waals surface area contributed by atoms with E-state index in [9.17, 15) is 4.79 Å². The molecule has 1 atom stereocenters. The normalized spacial score (nSPS) is 18.0. The van der Waals surface area contributed by atoms with Gasteiger partial charge in [-0.05, 0) is 37.7 Å². The highest BCUT2D eigenvalue weighted by molar-refractivity contribution is 5.95. The van der Waals surface area contributed by atoms with Crippen LogP contribution in [-0.4, -0.2) is 44.7 Å². The Balaban J connectivity index is 0. The van der Waals surface area contributed by atoms with E-state index in [-0.39, 0.29) is 37.2 Å². The highest BCUT2D eigenvalue weighted by Gasteiger charge is 2.18. The van der Waals surface area contributed by atoms with Crippen molar-refractivity contribution in [1.29, 1.82) is 0 Å².